The van der Waals surface area contributed by atoms with E-state index in [-0.39, 0.29) is 11.5 Å². The number of aromatic nitrogens is 3. The summed E-state index contributed by atoms with van der Waals surface area (Å²) in [5.74, 6) is -0.891. The number of nitrogens with zero attached hydrogens (tertiary/aromatic N) is 2. The quantitative estimate of drug-likeness (QED) is 0.301. The molecule has 1 amide bonds. The summed E-state index contributed by atoms with van der Waals surface area (Å²) < 4.78 is 27.2. The van der Waals surface area contributed by atoms with Crippen molar-refractivity contribution in [2.45, 2.75) is 32.9 Å². The van der Waals surface area contributed by atoms with Crippen LogP contribution in [0.25, 0.3) is 11.3 Å². The smallest absolute Gasteiger partial charge is 0.268 e. The molecule has 4 N–H and O–H groups in total. The summed E-state index contributed by atoms with van der Waals surface area (Å²) in [6, 6.07) is 11.3. The van der Waals surface area contributed by atoms with E-state index in [0.29, 0.717) is 34.0 Å². The number of amides is 1. The fourth-order valence-corrected chi connectivity index (χ4v) is 3.62. The van der Waals surface area contributed by atoms with Crippen LogP contribution in [0.1, 0.15) is 40.1 Å². The molecule has 180 valence electrons. The van der Waals surface area contributed by atoms with E-state index in [1.807, 2.05) is 6.92 Å². The van der Waals surface area contributed by atoms with Gasteiger partial charge in [-0.1, -0.05) is 12.1 Å². The predicted molar refractivity (Wildman–Crippen MR) is 129 cm³/mol. The molecule has 0 bridgehead atoms. The van der Waals surface area contributed by atoms with Crippen LogP contribution < -0.4 is 10.6 Å². The highest BCUT2D eigenvalue weighted by Crippen LogP contribution is 2.25. The number of aryl methyl sites for hydroxylation is 2. The molecule has 4 aromatic rings. The molecule has 4 rings (SSSR count). The Morgan fingerprint density at radius 2 is 1.80 bits per heavy atom. The van der Waals surface area contributed by atoms with E-state index in [9.17, 15) is 18.7 Å². The largest absolute Gasteiger partial charge is 0.391 e. The first-order valence-electron chi connectivity index (χ1n) is 11.0. The van der Waals surface area contributed by atoms with Crippen LogP contribution in [0.4, 0.5) is 20.4 Å². The van der Waals surface area contributed by atoms with E-state index in [2.05, 4.69) is 25.6 Å². The van der Waals surface area contributed by atoms with Crippen molar-refractivity contribution in [2.75, 3.05) is 5.32 Å². The molecule has 0 spiro atoms. The number of anilines is 2. The second kappa shape index (κ2) is 10.0. The summed E-state index contributed by atoms with van der Waals surface area (Å²) >= 11 is 0. The molecule has 0 aliphatic rings. The monoisotopic (exact) mass is 477 g/mol. The van der Waals surface area contributed by atoms with Gasteiger partial charge >= 0.3 is 0 Å². The van der Waals surface area contributed by atoms with Gasteiger partial charge in [-0.15, -0.1) is 0 Å². The molecule has 0 aliphatic carbocycles. The summed E-state index contributed by atoms with van der Waals surface area (Å²) in [6.45, 7) is 5.02. The van der Waals surface area contributed by atoms with Gasteiger partial charge < -0.3 is 20.7 Å². The number of hydrogen-bond donors (Lipinski definition) is 4. The molecule has 0 saturated heterocycles. The van der Waals surface area contributed by atoms with Crippen LogP contribution in [0, 0.1) is 25.5 Å². The number of aliphatic hydroxyl groups is 1. The van der Waals surface area contributed by atoms with Gasteiger partial charge in [0.15, 0.2) is 0 Å². The standard InChI is InChI=1S/C26H25F2N5O2/c1-14-4-5-17(10-21(14)28)24(16(3)34)32-25(35)22-11-18(13-29-22)23-15(2)12-30-26(33-23)31-20-8-6-19(27)7-9-20/h4-13,16,24,29,34H,1-3H3,(H,32,35)(H,30,31,33). The van der Waals surface area contributed by atoms with Crippen molar-refractivity contribution in [1.82, 2.24) is 20.3 Å². The molecule has 0 saturated carbocycles. The Labute approximate surface area is 201 Å². The molecular formula is C26H25F2N5O2. The molecule has 2 heterocycles. The summed E-state index contributed by atoms with van der Waals surface area (Å²) in [7, 11) is 0. The molecular weight excluding hydrogens is 452 g/mol. The molecule has 2 aromatic carbocycles. The lowest BCUT2D eigenvalue weighted by Crippen LogP contribution is -2.35. The van der Waals surface area contributed by atoms with Crippen molar-refractivity contribution < 1.29 is 18.7 Å². The van der Waals surface area contributed by atoms with E-state index in [4.69, 9.17) is 0 Å². The van der Waals surface area contributed by atoms with Crippen LogP contribution in [0.3, 0.4) is 0 Å². The summed E-state index contributed by atoms with van der Waals surface area (Å²) in [5.41, 5.74) is 3.88. The second-order valence-corrected chi connectivity index (χ2v) is 8.36. The first kappa shape index (κ1) is 24.0. The Kier molecular flexibility index (Phi) is 6.88. The predicted octanol–water partition coefficient (Wildman–Crippen LogP) is 4.96. The lowest BCUT2D eigenvalue weighted by molar-refractivity contribution is 0.0853. The minimum absolute atomic E-state index is 0.254. The Morgan fingerprint density at radius 1 is 1.06 bits per heavy atom. The molecule has 9 heteroatoms. The van der Waals surface area contributed by atoms with Crippen LogP contribution in [0.2, 0.25) is 0 Å². The van der Waals surface area contributed by atoms with E-state index in [1.54, 1.807) is 49.6 Å². The number of halogens is 2. The molecule has 7 nitrogen and oxygen atoms in total. The van der Waals surface area contributed by atoms with Crippen molar-refractivity contribution in [3.8, 4) is 11.3 Å². The normalized spacial score (nSPS) is 12.7. The number of rotatable bonds is 7. The van der Waals surface area contributed by atoms with Gasteiger partial charge in [-0.05, 0) is 73.9 Å². The number of carbonyl (C=O) groups excluding carboxylic acids is 1. The summed E-state index contributed by atoms with van der Waals surface area (Å²) in [5, 5.41) is 16.0. The topological polar surface area (TPSA) is 103 Å². The van der Waals surface area contributed by atoms with Gasteiger partial charge in [0.2, 0.25) is 5.95 Å². The third-order valence-electron chi connectivity index (χ3n) is 5.60. The molecule has 0 radical (unpaired) electrons. The van der Waals surface area contributed by atoms with E-state index < -0.39 is 23.9 Å². The maximum absolute atomic E-state index is 14.0. The van der Waals surface area contributed by atoms with Gasteiger partial charge in [0.05, 0.1) is 17.8 Å². The van der Waals surface area contributed by atoms with Crippen molar-refractivity contribution in [2.24, 2.45) is 0 Å². The minimum Gasteiger partial charge on any atom is -0.391 e. The Hall–Kier alpha value is -4.11. The lowest BCUT2D eigenvalue weighted by Gasteiger charge is -2.22. The zero-order valence-electron chi connectivity index (χ0n) is 19.4. The van der Waals surface area contributed by atoms with Gasteiger partial charge in [0, 0.05) is 23.6 Å². The van der Waals surface area contributed by atoms with Crippen LogP contribution >= 0.6 is 0 Å². The summed E-state index contributed by atoms with van der Waals surface area (Å²) in [6.07, 6.45) is 2.35. The van der Waals surface area contributed by atoms with Gasteiger partial charge in [0.25, 0.3) is 5.91 Å². The first-order valence-corrected chi connectivity index (χ1v) is 11.0. The number of aliphatic hydroxyl groups excluding tert-OH is 1. The van der Waals surface area contributed by atoms with Crippen molar-refractivity contribution in [1.29, 1.82) is 0 Å². The average Bonchev–Trinajstić information content (AvgIpc) is 3.32. The molecule has 2 unspecified atom stereocenters. The third kappa shape index (κ3) is 5.52. The highest BCUT2D eigenvalue weighted by atomic mass is 19.1. The Bertz CT molecular complexity index is 1350. The number of benzene rings is 2. The van der Waals surface area contributed by atoms with Crippen LogP contribution in [-0.4, -0.2) is 32.1 Å². The molecule has 2 atom stereocenters. The van der Waals surface area contributed by atoms with E-state index in [1.165, 1.54) is 25.1 Å². The first-order chi connectivity index (χ1) is 16.7. The molecule has 0 aliphatic heterocycles. The highest BCUT2D eigenvalue weighted by Gasteiger charge is 2.22. The van der Waals surface area contributed by atoms with Gasteiger partial charge in [-0.2, -0.15) is 0 Å². The van der Waals surface area contributed by atoms with E-state index in [0.717, 1.165) is 5.56 Å². The van der Waals surface area contributed by atoms with E-state index >= 15 is 0 Å². The zero-order valence-corrected chi connectivity index (χ0v) is 19.4. The number of aromatic amines is 1. The number of hydrogen-bond acceptors (Lipinski definition) is 5. The SMILES string of the molecule is Cc1ccc(C(NC(=O)c2cc(-c3nc(Nc4ccc(F)cc4)ncc3C)c[nH]2)C(C)O)cc1F. The van der Waals surface area contributed by atoms with Gasteiger partial charge in [-0.25, -0.2) is 18.7 Å². The molecule has 35 heavy (non-hydrogen) atoms. The van der Waals surface area contributed by atoms with Gasteiger partial charge in [-0.3, -0.25) is 4.79 Å². The Balaban J connectivity index is 1.54. The second-order valence-electron chi connectivity index (χ2n) is 8.36. The number of nitrogens with one attached hydrogen (secondary N) is 3. The third-order valence-corrected chi connectivity index (χ3v) is 5.60. The molecule has 2 aromatic heterocycles. The van der Waals surface area contributed by atoms with Crippen molar-refractivity contribution in [3.63, 3.8) is 0 Å². The van der Waals surface area contributed by atoms with Crippen LogP contribution in [0.5, 0.6) is 0 Å². The highest BCUT2D eigenvalue weighted by molar-refractivity contribution is 5.94. The van der Waals surface area contributed by atoms with Crippen molar-refractivity contribution in [3.05, 3.63) is 94.9 Å². The molecule has 0 fully saturated rings. The summed E-state index contributed by atoms with van der Waals surface area (Å²) in [4.78, 5) is 24.7. The van der Waals surface area contributed by atoms with Crippen LogP contribution in [0.15, 0.2) is 60.9 Å². The maximum Gasteiger partial charge on any atom is 0.268 e. The average molecular weight is 478 g/mol. The minimum atomic E-state index is -0.945. The van der Waals surface area contributed by atoms with Crippen molar-refractivity contribution >= 4 is 17.5 Å². The fourth-order valence-electron chi connectivity index (χ4n) is 3.62. The maximum atomic E-state index is 14.0. The lowest BCUT2D eigenvalue weighted by atomic mass is 10.0. The van der Waals surface area contributed by atoms with Crippen LogP contribution in [-0.2, 0) is 0 Å². The Morgan fingerprint density at radius 3 is 2.49 bits per heavy atom. The number of H-pyrrole nitrogens is 1. The number of carbonyl (C=O) groups is 1. The fraction of sp³-hybridized carbons (Fsp3) is 0.192. The van der Waals surface area contributed by atoms with Gasteiger partial charge in [0.1, 0.15) is 17.3 Å². The zero-order chi connectivity index (χ0) is 25.1.